The molecule has 0 unspecified atom stereocenters. The van der Waals surface area contributed by atoms with Gasteiger partial charge in [-0.15, -0.1) is 11.3 Å². The Bertz CT molecular complexity index is 662. The van der Waals surface area contributed by atoms with Gasteiger partial charge in [0.1, 0.15) is 0 Å². The van der Waals surface area contributed by atoms with E-state index < -0.39 is 28.3 Å². The molecule has 1 N–H and O–H groups in total. The first-order valence-electron chi connectivity index (χ1n) is 6.51. The van der Waals surface area contributed by atoms with Crippen LogP contribution in [-0.4, -0.2) is 44.4 Å². The number of ether oxygens (including phenoxy) is 1. The van der Waals surface area contributed by atoms with Crippen molar-refractivity contribution >= 4 is 33.1 Å². The van der Waals surface area contributed by atoms with Crippen LogP contribution in [0, 0.1) is 13.8 Å². The Balaban J connectivity index is 1.82. The summed E-state index contributed by atoms with van der Waals surface area (Å²) in [7, 11) is -3.04. The van der Waals surface area contributed by atoms with E-state index >= 15 is 0 Å². The molecular formula is C13H17NO5S2. The number of sulfone groups is 1. The number of amides is 1. The number of thiophene rings is 1. The summed E-state index contributed by atoms with van der Waals surface area (Å²) in [5.74, 6) is -0.971. The smallest absolute Gasteiger partial charge is 0.339 e. The number of esters is 1. The zero-order chi connectivity index (χ0) is 15.6. The van der Waals surface area contributed by atoms with E-state index in [0.29, 0.717) is 12.0 Å². The van der Waals surface area contributed by atoms with Gasteiger partial charge in [-0.2, -0.15) is 0 Å². The highest BCUT2D eigenvalue weighted by molar-refractivity contribution is 7.91. The molecule has 0 aromatic carbocycles. The summed E-state index contributed by atoms with van der Waals surface area (Å²) in [5, 5.41) is 2.57. The van der Waals surface area contributed by atoms with Gasteiger partial charge in [-0.25, -0.2) is 13.2 Å². The number of carbonyl (C=O) groups excluding carboxylic acids is 2. The van der Waals surface area contributed by atoms with Crippen molar-refractivity contribution in [2.75, 3.05) is 18.1 Å². The van der Waals surface area contributed by atoms with Crippen molar-refractivity contribution in [3.8, 4) is 0 Å². The molecule has 1 aliphatic rings. The summed E-state index contributed by atoms with van der Waals surface area (Å²) >= 11 is 1.49. The zero-order valence-electron chi connectivity index (χ0n) is 11.8. The number of carbonyl (C=O) groups is 2. The summed E-state index contributed by atoms with van der Waals surface area (Å²) in [6.07, 6.45) is 0.408. The largest absolute Gasteiger partial charge is 0.452 e. The van der Waals surface area contributed by atoms with Crippen molar-refractivity contribution in [3.05, 3.63) is 21.4 Å². The number of hydrogen-bond donors (Lipinski definition) is 1. The first-order valence-corrected chi connectivity index (χ1v) is 9.14. The molecule has 0 bridgehead atoms. The van der Waals surface area contributed by atoms with Crippen molar-refractivity contribution in [1.82, 2.24) is 5.32 Å². The normalized spacial score (nSPS) is 20.2. The predicted molar refractivity (Wildman–Crippen MR) is 79.3 cm³/mol. The average molecular weight is 331 g/mol. The topological polar surface area (TPSA) is 89.5 Å². The van der Waals surface area contributed by atoms with E-state index in [-0.39, 0.29) is 17.5 Å². The first-order chi connectivity index (χ1) is 9.77. The molecule has 6 nitrogen and oxygen atoms in total. The number of aryl methyl sites for hydroxylation is 2. The highest BCUT2D eigenvalue weighted by Crippen LogP contribution is 2.21. The van der Waals surface area contributed by atoms with Gasteiger partial charge in [0.15, 0.2) is 16.4 Å². The highest BCUT2D eigenvalue weighted by atomic mass is 32.2. The Hall–Kier alpha value is -1.41. The summed E-state index contributed by atoms with van der Waals surface area (Å²) < 4.78 is 27.5. The quantitative estimate of drug-likeness (QED) is 0.825. The molecule has 8 heteroatoms. The van der Waals surface area contributed by atoms with Crippen LogP contribution in [0.4, 0.5) is 0 Å². The second kappa shape index (κ2) is 6.15. The van der Waals surface area contributed by atoms with E-state index in [1.54, 1.807) is 6.07 Å². The molecule has 1 aromatic heterocycles. The minimum absolute atomic E-state index is 0.0461. The predicted octanol–water partition coefficient (Wildman–Crippen LogP) is 0.825. The maximum Gasteiger partial charge on any atom is 0.339 e. The third kappa shape index (κ3) is 4.28. The minimum Gasteiger partial charge on any atom is -0.452 e. The summed E-state index contributed by atoms with van der Waals surface area (Å²) in [4.78, 5) is 25.3. The summed E-state index contributed by atoms with van der Waals surface area (Å²) in [6.45, 7) is 3.31. The van der Waals surface area contributed by atoms with Crippen LogP contribution in [0.3, 0.4) is 0 Å². The number of rotatable bonds is 4. The van der Waals surface area contributed by atoms with E-state index in [4.69, 9.17) is 4.74 Å². The molecule has 116 valence electrons. The van der Waals surface area contributed by atoms with E-state index in [9.17, 15) is 18.0 Å². The van der Waals surface area contributed by atoms with Crippen molar-refractivity contribution < 1.29 is 22.7 Å². The first kappa shape index (κ1) is 16.0. The Labute approximate surface area is 127 Å². The van der Waals surface area contributed by atoms with Crippen LogP contribution >= 0.6 is 11.3 Å². The van der Waals surface area contributed by atoms with Crippen LogP contribution in [0.5, 0.6) is 0 Å². The van der Waals surface area contributed by atoms with Crippen LogP contribution in [0.2, 0.25) is 0 Å². The molecule has 1 fully saturated rings. The Morgan fingerprint density at radius 1 is 1.43 bits per heavy atom. The molecule has 0 aliphatic carbocycles. The molecule has 0 spiro atoms. The van der Waals surface area contributed by atoms with Crippen LogP contribution < -0.4 is 5.32 Å². The lowest BCUT2D eigenvalue weighted by atomic mass is 10.2. The standard InChI is InChI=1S/C13H17NO5S2/c1-8-5-11(9(2)20-8)13(16)19-6-12(15)14-10-3-4-21(17,18)7-10/h5,10H,3-4,6-7H2,1-2H3,(H,14,15)/t10-/m0/s1. The van der Waals surface area contributed by atoms with Gasteiger partial charge in [0.25, 0.3) is 5.91 Å². The molecule has 0 radical (unpaired) electrons. The minimum atomic E-state index is -3.04. The van der Waals surface area contributed by atoms with Crippen LogP contribution in [0.1, 0.15) is 26.5 Å². The number of hydrogen-bond acceptors (Lipinski definition) is 6. The van der Waals surface area contributed by atoms with Gasteiger partial charge in [0.05, 0.1) is 17.1 Å². The molecule has 2 heterocycles. The molecule has 1 aromatic rings. The zero-order valence-corrected chi connectivity index (χ0v) is 13.5. The Morgan fingerprint density at radius 3 is 2.67 bits per heavy atom. The third-order valence-electron chi connectivity index (χ3n) is 3.19. The fourth-order valence-electron chi connectivity index (χ4n) is 2.22. The molecular weight excluding hydrogens is 314 g/mol. The van der Waals surface area contributed by atoms with Gasteiger partial charge in [-0.05, 0) is 26.3 Å². The van der Waals surface area contributed by atoms with Gasteiger partial charge in [-0.1, -0.05) is 0 Å². The molecule has 21 heavy (non-hydrogen) atoms. The lowest BCUT2D eigenvalue weighted by molar-refractivity contribution is -0.124. The van der Waals surface area contributed by atoms with Crippen LogP contribution in [-0.2, 0) is 19.4 Å². The SMILES string of the molecule is Cc1cc(C(=O)OCC(=O)N[C@H]2CCS(=O)(=O)C2)c(C)s1. The van der Waals surface area contributed by atoms with Crippen LogP contribution in [0.25, 0.3) is 0 Å². The molecule has 1 saturated heterocycles. The fourth-order valence-corrected chi connectivity index (χ4v) is 4.81. The number of nitrogens with one attached hydrogen (secondary N) is 1. The molecule has 0 saturated carbocycles. The molecule has 1 atom stereocenters. The Kier molecular flexibility index (Phi) is 4.67. The van der Waals surface area contributed by atoms with Gasteiger partial charge in [0, 0.05) is 15.8 Å². The maximum atomic E-state index is 11.8. The monoisotopic (exact) mass is 331 g/mol. The van der Waals surface area contributed by atoms with Crippen molar-refractivity contribution in [1.29, 1.82) is 0 Å². The second-order valence-electron chi connectivity index (χ2n) is 5.07. The second-order valence-corrected chi connectivity index (χ2v) is 8.76. The third-order valence-corrected chi connectivity index (χ3v) is 5.93. The van der Waals surface area contributed by atoms with E-state index in [0.717, 1.165) is 9.75 Å². The molecule has 1 amide bonds. The van der Waals surface area contributed by atoms with Crippen molar-refractivity contribution in [2.24, 2.45) is 0 Å². The van der Waals surface area contributed by atoms with E-state index in [2.05, 4.69) is 5.32 Å². The van der Waals surface area contributed by atoms with Gasteiger partial charge < -0.3 is 10.1 Å². The van der Waals surface area contributed by atoms with Crippen molar-refractivity contribution in [3.63, 3.8) is 0 Å². The molecule has 1 aliphatic heterocycles. The Morgan fingerprint density at radius 2 is 2.14 bits per heavy atom. The maximum absolute atomic E-state index is 11.8. The van der Waals surface area contributed by atoms with E-state index in [1.165, 1.54) is 11.3 Å². The summed E-state index contributed by atoms with van der Waals surface area (Å²) in [6, 6.07) is 1.34. The van der Waals surface area contributed by atoms with Gasteiger partial charge in [0.2, 0.25) is 0 Å². The fraction of sp³-hybridized carbons (Fsp3) is 0.538. The lowest BCUT2D eigenvalue weighted by Gasteiger charge is -2.10. The van der Waals surface area contributed by atoms with Gasteiger partial charge in [-0.3, -0.25) is 4.79 Å². The highest BCUT2D eigenvalue weighted by Gasteiger charge is 2.29. The van der Waals surface area contributed by atoms with E-state index in [1.807, 2.05) is 13.8 Å². The van der Waals surface area contributed by atoms with Crippen LogP contribution in [0.15, 0.2) is 6.07 Å². The average Bonchev–Trinajstić information content (AvgIpc) is 2.88. The van der Waals surface area contributed by atoms with Gasteiger partial charge >= 0.3 is 5.97 Å². The lowest BCUT2D eigenvalue weighted by Crippen LogP contribution is -2.38. The summed E-state index contributed by atoms with van der Waals surface area (Å²) in [5.41, 5.74) is 0.466. The molecule has 2 rings (SSSR count). The van der Waals surface area contributed by atoms with Crippen molar-refractivity contribution in [2.45, 2.75) is 26.3 Å².